The molecule has 21 heavy (non-hydrogen) atoms. The molecule has 0 aliphatic carbocycles. The number of nitrogens with one attached hydrogen (secondary N) is 1. The number of benzene rings is 2. The van der Waals surface area contributed by atoms with E-state index in [0.717, 1.165) is 0 Å². The molecule has 2 aromatic rings. The molecule has 108 valence electrons. The first kappa shape index (κ1) is 14.9. The second-order valence-corrected chi connectivity index (χ2v) is 4.73. The number of carbonyl (C=O) groups is 1. The summed E-state index contributed by atoms with van der Waals surface area (Å²) < 4.78 is 0. The molecule has 3 N–H and O–H groups in total. The van der Waals surface area contributed by atoms with Crippen molar-refractivity contribution in [2.24, 2.45) is 5.10 Å². The molecule has 0 spiro atoms. The van der Waals surface area contributed by atoms with E-state index in [4.69, 9.17) is 11.6 Å². The highest BCUT2D eigenvalue weighted by molar-refractivity contribution is 6.33. The van der Waals surface area contributed by atoms with E-state index in [9.17, 15) is 15.0 Å². The molecule has 2 aromatic carbocycles. The summed E-state index contributed by atoms with van der Waals surface area (Å²) >= 11 is 5.92. The Bertz CT molecular complexity index is 714. The molecular formula is C15H13ClN2O3. The molecule has 0 unspecified atom stereocenters. The van der Waals surface area contributed by atoms with Crippen molar-refractivity contribution in [1.82, 2.24) is 5.43 Å². The molecule has 0 heterocycles. The Morgan fingerprint density at radius 3 is 2.52 bits per heavy atom. The minimum Gasteiger partial charge on any atom is -0.508 e. The normalized spacial score (nSPS) is 11.2. The van der Waals surface area contributed by atoms with Crippen LogP contribution in [0.2, 0.25) is 5.02 Å². The Labute approximate surface area is 126 Å². The molecule has 0 aromatic heterocycles. The second-order valence-electron chi connectivity index (χ2n) is 4.32. The molecule has 0 aliphatic rings. The highest BCUT2D eigenvalue weighted by Gasteiger charge is 2.10. The highest BCUT2D eigenvalue weighted by atomic mass is 35.5. The first-order chi connectivity index (χ1) is 9.99. The molecule has 0 saturated heterocycles. The maximum absolute atomic E-state index is 11.9. The maximum atomic E-state index is 11.9. The third-order valence-electron chi connectivity index (χ3n) is 2.81. The summed E-state index contributed by atoms with van der Waals surface area (Å²) in [6, 6.07) is 10.7. The summed E-state index contributed by atoms with van der Waals surface area (Å²) in [5.41, 5.74) is 3.49. The van der Waals surface area contributed by atoms with Crippen molar-refractivity contribution >= 4 is 23.2 Å². The molecule has 0 radical (unpaired) electrons. The zero-order valence-electron chi connectivity index (χ0n) is 11.2. The van der Waals surface area contributed by atoms with Crippen LogP contribution in [0.15, 0.2) is 47.6 Å². The largest absolute Gasteiger partial charge is 0.508 e. The van der Waals surface area contributed by atoms with E-state index in [-0.39, 0.29) is 11.5 Å². The van der Waals surface area contributed by atoms with Crippen molar-refractivity contribution in [3.63, 3.8) is 0 Å². The predicted octanol–water partition coefficient (Wildman–Crippen LogP) is 2.91. The lowest BCUT2D eigenvalue weighted by Crippen LogP contribution is -2.19. The average molecular weight is 305 g/mol. The summed E-state index contributed by atoms with van der Waals surface area (Å²) in [6.45, 7) is 1.62. The second kappa shape index (κ2) is 6.28. The van der Waals surface area contributed by atoms with Gasteiger partial charge in [-0.3, -0.25) is 4.79 Å². The summed E-state index contributed by atoms with van der Waals surface area (Å²) in [5.74, 6) is -0.620. The van der Waals surface area contributed by atoms with Crippen LogP contribution in [-0.4, -0.2) is 21.8 Å². The zero-order chi connectivity index (χ0) is 15.4. The molecule has 1 amide bonds. The average Bonchev–Trinajstić information content (AvgIpc) is 2.45. The fourth-order valence-corrected chi connectivity index (χ4v) is 1.95. The van der Waals surface area contributed by atoms with E-state index in [1.165, 1.54) is 18.2 Å². The van der Waals surface area contributed by atoms with Crippen molar-refractivity contribution in [3.05, 3.63) is 58.6 Å². The van der Waals surface area contributed by atoms with Crippen molar-refractivity contribution in [2.45, 2.75) is 6.92 Å². The van der Waals surface area contributed by atoms with Crippen LogP contribution in [-0.2, 0) is 0 Å². The first-order valence-corrected chi connectivity index (χ1v) is 6.48. The summed E-state index contributed by atoms with van der Waals surface area (Å²) in [6.07, 6.45) is 0. The van der Waals surface area contributed by atoms with E-state index in [0.29, 0.717) is 21.9 Å². The van der Waals surface area contributed by atoms with Crippen molar-refractivity contribution < 1.29 is 15.0 Å². The standard InChI is InChI=1S/C15H13ClN2O3/c1-9(11-7-6-10(19)8-14(11)20)17-18-15(21)12-4-2-3-5-13(12)16/h2-8,19-20H,1H3,(H,18,21)/b17-9+. The monoisotopic (exact) mass is 304 g/mol. The quantitative estimate of drug-likeness (QED) is 0.602. The van der Waals surface area contributed by atoms with Crippen LogP contribution in [0.1, 0.15) is 22.8 Å². The SMILES string of the molecule is C/C(=N\NC(=O)c1ccccc1Cl)c1ccc(O)cc1O. The lowest BCUT2D eigenvalue weighted by Gasteiger charge is -2.06. The van der Waals surface area contributed by atoms with Gasteiger partial charge in [0.15, 0.2) is 0 Å². The van der Waals surface area contributed by atoms with Gasteiger partial charge in [-0.05, 0) is 31.2 Å². The van der Waals surface area contributed by atoms with Crippen LogP contribution < -0.4 is 5.43 Å². The minimum atomic E-state index is -0.446. The van der Waals surface area contributed by atoms with Crippen molar-refractivity contribution in [3.8, 4) is 11.5 Å². The fraction of sp³-hybridized carbons (Fsp3) is 0.0667. The number of aromatic hydroxyl groups is 2. The Morgan fingerprint density at radius 1 is 1.14 bits per heavy atom. The lowest BCUT2D eigenvalue weighted by atomic mass is 10.1. The van der Waals surface area contributed by atoms with Crippen LogP contribution in [0.3, 0.4) is 0 Å². The molecule has 0 saturated carbocycles. The number of phenolic OH excluding ortho intramolecular Hbond substituents is 2. The molecular weight excluding hydrogens is 292 g/mol. The van der Waals surface area contributed by atoms with E-state index >= 15 is 0 Å². The van der Waals surface area contributed by atoms with Crippen LogP contribution in [0.4, 0.5) is 0 Å². The fourth-order valence-electron chi connectivity index (χ4n) is 1.73. The third-order valence-corrected chi connectivity index (χ3v) is 3.14. The van der Waals surface area contributed by atoms with Gasteiger partial charge in [-0.15, -0.1) is 0 Å². The Balaban J connectivity index is 2.17. The molecule has 0 aliphatic heterocycles. The van der Waals surface area contributed by atoms with Gasteiger partial charge in [0.2, 0.25) is 0 Å². The number of hydrogen-bond donors (Lipinski definition) is 3. The van der Waals surface area contributed by atoms with Gasteiger partial charge in [0.05, 0.1) is 16.3 Å². The first-order valence-electron chi connectivity index (χ1n) is 6.10. The van der Waals surface area contributed by atoms with Gasteiger partial charge in [-0.25, -0.2) is 5.43 Å². The Morgan fingerprint density at radius 2 is 1.86 bits per heavy atom. The molecule has 0 bridgehead atoms. The van der Waals surface area contributed by atoms with Crippen LogP contribution in [0.5, 0.6) is 11.5 Å². The smallest absolute Gasteiger partial charge is 0.272 e. The van der Waals surface area contributed by atoms with Gasteiger partial charge in [-0.1, -0.05) is 23.7 Å². The maximum Gasteiger partial charge on any atom is 0.272 e. The summed E-state index contributed by atoms with van der Waals surface area (Å²) in [7, 11) is 0. The van der Waals surface area contributed by atoms with Gasteiger partial charge in [0, 0.05) is 11.6 Å². The molecule has 0 fully saturated rings. The lowest BCUT2D eigenvalue weighted by molar-refractivity contribution is 0.0955. The van der Waals surface area contributed by atoms with Gasteiger partial charge in [0.1, 0.15) is 11.5 Å². The summed E-state index contributed by atoms with van der Waals surface area (Å²) in [5, 5.41) is 23.2. The van der Waals surface area contributed by atoms with E-state index in [1.54, 1.807) is 31.2 Å². The Kier molecular flexibility index (Phi) is 4.45. The number of phenols is 2. The van der Waals surface area contributed by atoms with Crippen LogP contribution in [0, 0.1) is 0 Å². The van der Waals surface area contributed by atoms with E-state index in [1.807, 2.05) is 0 Å². The van der Waals surface area contributed by atoms with Gasteiger partial charge in [0.25, 0.3) is 5.91 Å². The van der Waals surface area contributed by atoms with Crippen molar-refractivity contribution in [2.75, 3.05) is 0 Å². The Hall–Kier alpha value is -2.53. The molecule has 0 atom stereocenters. The zero-order valence-corrected chi connectivity index (χ0v) is 11.9. The van der Waals surface area contributed by atoms with Gasteiger partial charge >= 0.3 is 0 Å². The number of carbonyl (C=O) groups excluding carboxylic acids is 1. The van der Waals surface area contributed by atoms with Crippen LogP contribution in [0.25, 0.3) is 0 Å². The number of hydrogen-bond acceptors (Lipinski definition) is 4. The molecule has 5 nitrogen and oxygen atoms in total. The summed E-state index contributed by atoms with van der Waals surface area (Å²) in [4.78, 5) is 11.9. The number of amides is 1. The topological polar surface area (TPSA) is 81.9 Å². The van der Waals surface area contributed by atoms with Gasteiger partial charge in [-0.2, -0.15) is 5.10 Å². The van der Waals surface area contributed by atoms with Crippen LogP contribution >= 0.6 is 11.6 Å². The van der Waals surface area contributed by atoms with E-state index in [2.05, 4.69) is 10.5 Å². The number of hydrazone groups is 1. The molecule has 6 heteroatoms. The highest BCUT2D eigenvalue weighted by Crippen LogP contribution is 2.23. The number of halogens is 1. The minimum absolute atomic E-state index is 0.0517. The molecule has 2 rings (SSSR count). The predicted molar refractivity (Wildman–Crippen MR) is 80.9 cm³/mol. The van der Waals surface area contributed by atoms with Crippen molar-refractivity contribution in [1.29, 1.82) is 0 Å². The van der Waals surface area contributed by atoms with Gasteiger partial charge < -0.3 is 10.2 Å². The number of nitrogens with zero attached hydrogens (tertiary/aromatic N) is 1. The number of rotatable bonds is 3. The third kappa shape index (κ3) is 3.52. The van der Waals surface area contributed by atoms with E-state index < -0.39 is 5.91 Å².